The van der Waals surface area contributed by atoms with Gasteiger partial charge >= 0.3 is 12.1 Å². The molecule has 1 aliphatic heterocycles. The molecule has 1 aliphatic rings. The molecule has 3 rings (SSSR count). The van der Waals surface area contributed by atoms with Gasteiger partial charge in [0.15, 0.2) is 6.23 Å². The summed E-state index contributed by atoms with van der Waals surface area (Å²) in [4.78, 5) is 14.6. The lowest BCUT2D eigenvalue weighted by atomic mass is 10.1. The Balaban J connectivity index is 2.08. The minimum Gasteiger partial charge on any atom is -0.456 e. The Morgan fingerprint density at radius 3 is 2.50 bits per heavy atom. The van der Waals surface area contributed by atoms with Crippen LogP contribution in [0.5, 0.6) is 0 Å². The van der Waals surface area contributed by atoms with Gasteiger partial charge in [-0.2, -0.15) is 13.2 Å². The number of aliphatic hydroxyl groups is 1. The number of aliphatic hydroxyl groups excluding tert-OH is 1. The number of anilines is 3. The highest BCUT2D eigenvalue weighted by Gasteiger charge is 2.35. The lowest BCUT2D eigenvalue weighted by Gasteiger charge is -2.21. The van der Waals surface area contributed by atoms with Crippen LogP contribution in [0.1, 0.15) is 53.4 Å². The molecule has 9 heteroatoms. The van der Waals surface area contributed by atoms with Gasteiger partial charge in [-0.05, 0) is 51.5 Å². The molecular weight excluding hydrogens is 393 g/mol. The monoisotopic (exact) mass is 414 g/mol. The minimum absolute atomic E-state index is 0.159. The molecule has 2 N–H and O–H groups in total. The van der Waals surface area contributed by atoms with Crippen LogP contribution in [0, 0.1) is 6.92 Å². The number of hydrogen-bond acceptors (Lipinski definition) is 6. The number of thiophene rings is 1. The van der Waals surface area contributed by atoms with Gasteiger partial charge in [0.2, 0.25) is 0 Å². The number of hydrogen-bond donors (Lipinski definition) is 2. The third kappa shape index (κ3) is 3.68. The Morgan fingerprint density at radius 1 is 1.29 bits per heavy atom. The zero-order valence-corrected chi connectivity index (χ0v) is 16.9. The molecule has 28 heavy (non-hydrogen) atoms. The summed E-state index contributed by atoms with van der Waals surface area (Å²) in [6.45, 7) is 6.96. The predicted octanol–water partition coefficient (Wildman–Crippen LogP) is 5.21. The van der Waals surface area contributed by atoms with Crippen molar-refractivity contribution in [2.75, 3.05) is 17.3 Å². The van der Waals surface area contributed by atoms with E-state index in [9.17, 15) is 23.1 Å². The molecule has 152 valence electrons. The third-order valence-corrected chi connectivity index (χ3v) is 5.68. The van der Waals surface area contributed by atoms with E-state index in [0.29, 0.717) is 26.7 Å². The average Bonchev–Trinajstić information content (AvgIpc) is 2.84. The van der Waals surface area contributed by atoms with Crippen molar-refractivity contribution in [2.24, 2.45) is 0 Å². The Bertz CT molecular complexity index is 932. The van der Waals surface area contributed by atoms with Crippen LogP contribution in [-0.4, -0.2) is 23.7 Å². The molecule has 1 unspecified atom stereocenters. The van der Waals surface area contributed by atoms with E-state index in [1.54, 1.807) is 39.6 Å². The molecule has 1 aromatic heterocycles. The highest BCUT2D eigenvalue weighted by molar-refractivity contribution is 7.18. The van der Waals surface area contributed by atoms with Crippen LogP contribution >= 0.6 is 11.3 Å². The van der Waals surface area contributed by atoms with Crippen LogP contribution in [0.25, 0.3) is 0 Å². The number of esters is 1. The van der Waals surface area contributed by atoms with Crippen LogP contribution in [0.4, 0.5) is 29.5 Å². The fraction of sp³-hybridized carbons (Fsp3) is 0.421. The number of carbonyl (C=O) groups excluding carboxylic acids is 1. The van der Waals surface area contributed by atoms with Crippen molar-refractivity contribution in [3.63, 3.8) is 0 Å². The van der Waals surface area contributed by atoms with Gasteiger partial charge < -0.3 is 20.1 Å². The second-order valence-corrected chi connectivity index (χ2v) is 8.61. The molecule has 2 aromatic rings. The van der Waals surface area contributed by atoms with Crippen LogP contribution < -0.4 is 10.2 Å². The largest absolute Gasteiger partial charge is 0.456 e. The van der Waals surface area contributed by atoms with E-state index < -0.39 is 29.5 Å². The summed E-state index contributed by atoms with van der Waals surface area (Å²) in [5.74, 6) is -0.503. The highest BCUT2D eigenvalue weighted by atomic mass is 32.1. The van der Waals surface area contributed by atoms with E-state index in [0.717, 1.165) is 23.5 Å². The maximum atomic E-state index is 13.0. The van der Waals surface area contributed by atoms with Crippen molar-refractivity contribution in [2.45, 2.75) is 45.7 Å². The van der Waals surface area contributed by atoms with Crippen LogP contribution in [0.3, 0.4) is 0 Å². The number of carbonyl (C=O) groups is 1. The van der Waals surface area contributed by atoms with Gasteiger partial charge in [0.25, 0.3) is 0 Å². The molecule has 1 aromatic carbocycles. The molecule has 0 bridgehead atoms. The van der Waals surface area contributed by atoms with Crippen molar-refractivity contribution < 1.29 is 27.8 Å². The Kier molecular flexibility index (Phi) is 4.87. The molecule has 0 radical (unpaired) electrons. The summed E-state index contributed by atoms with van der Waals surface area (Å²) < 4.78 is 44.6. The van der Waals surface area contributed by atoms with Crippen molar-refractivity contribution >= 4 is 33.7 Å². The maximum absolute atomic E-state index is 13.0. The number of alkyl halides is 3. The smallest absolute Gasteiger partial charge is 0.416 e. The normalized spacial score (nSPS) is 16.8. The first-order chi connectivity index (χ1) is 12.8. The SMILES string of the molecule is Cc1c(C(=O)OC(C)(C)C)sc2c1C(O)Nc1cc(C(F)(F)F)ccc1N2C. The summed E-state index contributed by atoms with van der Waals surface area (Å²) in [5.41, 5.74) is 0.113. The van der Waals surface area contributed by atoms with Crippen molar-refractivity contribution in [1.82, 2.24) is 0 Å². The predicted molar refractivity (Wildman–Crippen MR) is 102 cm³/mol. The number of benzene rings is 1. The summed E-state index contributed by atoms with van der Waals surface area (Å²) in [7, 11) is 1.68. The second kappa shape index (κ2) is 6.66. The first-order valence-electron chi connectivity index (χ1n) is 8.56. The number of nitrogens with zero attached hydrogens (tertiary/aromatic N) is 1. The molecule has 0 aliphatic carbocycles. The molecule has 5 nitrogen and oxygen atoms in total. The zero-order valence-electron chi connectivity index (χ0n) is 16.1. The minimum atomic E-state index is -4.49. The number of halogens is 3. The molecule has 2 heterocycles. The Morgan fingerprint density at radius 2 is 1.93 bits per heavy atom. The van der Waals surface area contributed by atoms with E-state index in [1.165, 1.54) is 6.07 Å². The summed E-state index contributed by atoms with van der Waals surface area (Å²) >= 11 is 1.14. The van der Waals surface area contributed by atoms with Gasteiger partial charge in [-0.3, -0.25) is 0 Å². The van der Waals surface area contributed by atoms with E-state index >= 15 is 0 Å². The first-order valence-corrected chi connectivity index (χ1v) is 9.37. The standard InChI is InChI=1S/C19H21F3N2O3S/c1-9-13-15(25)23-11-8-10(19(20,21)22)6-7-12(11)24(5)16(13)28-14(9)17(26)27-18(2,3)4/h6-8,15,23,25H,1-5H3. The quantitative estimate of drug-likeness (QED) is 0.627. The Hall–Kier alpha value is -2.26. The van der Waals surface area contributed by atoms with Crippen molar-refractivity contribution in [1.29, 1.82) is 0 Å². The number of rotatable bonds is 1. The fourth-order valence-corrected chi connectivity index (χ4v) is 4.24. The van der Waals surface area contributed by atoms with Gasteiger partial charge in [-0.25, -0.2) is 4.79 Å². The first kappa shape index (κ1) is 20.5. The van der Waals surface area contributed by atoms with Crippen molar-refractivity contribution in [3.05, 3.63) is 39.8 Å². The van der Waals surface area contributed by atoms with Gasteiger partial charge in [0.05, 0.1) is 16.9 Å². The van der Waals surface area contributed by atoms with Gasteiger partial charge in [-0.15, -0.1) is 11.3 Å². The van der Waals surface area contributed by atoms with Gasteiger partial charge in [0, 0.05) is 12.6 Å². The van der Waals surface area contributed by atoms with Gasteiger partial charge in [0.1, 0.15) is 15.5 Å². The summed E-state index contributed by atoms with van der Waals surface area (Å²) in [5, 5.41) is 13.9. The topological polar surface area (TPSA) is 61.8 Å². The number of nitrogens with one attached hydrogen (secondary N) is 1. The lowest BCUT2D eigenvalue weighted by Crippen LogP contribution is -2.23. The van der Waals surface area contributed by atoms with Crippen molar-refractivity contribution in [3.8, 4) is 0 Å². The van der Waals surface area contributed by atoms with Crippen LogP contribution in [0.2, 0.25) is 0 Å². The molecule has 0 saturated heterocycles. The van der Waals surface area contributed by atoms with E-state index in [2.05, 4.69) is 5.32 Å². The second-order valence-electron chi connectivity index (χ2n) is 7.61. The average molecular weight is 414 g/mol. The Labute approximate surface area is 164 Å². The van der Waals surface area contributed by atoms with E-state index in [-0.39, 0.29) is 5.69 Å². The molecule has 0 saturated carbocycles. The van der Waals surface area contributed by atoms with Crippen LogP contribution in [0.15, 0.2) is 18.2 Å². The fourth-order valence-electron chi connectivity index (χ4n) is 3.05. The third-order valence-electron chi connectivity index (χ3n) is 4.31. The lowest BCUT2D eigenvalue weighted by molar-refractivity contribution is -0.137. The maximum Gasteiger partial charge on any atom is 0.416 e. The van der Waals surface area contributed by atoms with Gasteiger partial charge in [-0.1, -0.05) is 0 Å². The number of fused-ring (bicyclic) bond motifs is 2. The number of ether oxygens (including phenoxy) is 1. The van der Waals surface area contributed by atoms with E-state index in [4.69, 9.17) is 4.74 Å². The summed E-state index contributed by atoms with van der Waals surface area (Å²) in [6.07, 6.45) is -5.76. The molecule has 0 spiro atoms. The molecular formula is C19H21F3N2O3S. The molecule has 0 fully saturated rings. The summed E-state index contributed by atoms with van der Waals surface area (Å²) in [6, 6.07) is 3.30. The molecule has 1 atom stereocenters. The molecule has 0 amide bonds. The highest BCUT2D eigenvalue weighted by Crippen LogP contribution is 2.48. The van der Waals surface area contributed by atoms with E-state index in [1.807, 2.05) is 0 Å². The zero-order chi connectivity index (χ0) is 21.0. The van der Waals surface area contributed by atoms with Crippen LogP contribution in [-0.2, 0) is 10.9 Å².